The monoisotopic (exact) mass is 516 g/mol. The van der Waals surface area contributed by atoms with Crippen LogP contribution in [-0.4, -0.2) is 47.4 Å². The maximum Gasteiger partial charge on any atom is 0.416 e. The Labute approximate surface area is 216 Å². The minimum Gasteiger partial charge on any atom is -0.343 e. The SMILES string of the molecule is CNC(C)C(=O)NC(C(=O)N1CCCC1c1cncc(-c2cccc(C(F)(F)F)c2)c1)C1CCCCC1. The van der Waals surface area contributed by atoms with Gasteiger partial charge < -0.3 is 15.5 Å². The second kappa shape index (κ2) is 11.6. The van der Waals surface area contributed by atoms with Crippen molar-refractivity contribution in [3.05, 3.63) is 53.9 Å². The molecule has 2 heterocycles. The Kier molecular flexibility index (Phi) is 8.52. The minimum atomic E-state index is -4.43. The zero-order valence-electron chi connectivity index (χ0n) is 21.4. The number of aromatic nitrogens is 1. The second-order valence-electron chi connectivity index (χ2n) is 10.2. The topological polar surface area (TPSA) is 74.3 Å². The Hall–Kier alpha value is -2.94. The van der Waals surface area contributed by atoms with Gasteiger partial charge in [0.05, 0.1) is 17.6 Å². The first kappa shape index (κ1) is 27.1. The number of amides is 2. The van der Waals surface area contributed by atoms with Crippen LogP contribution in [0.4, 0.5) is 13.2 Å². The van der Waals surface area contributed by atoms with Crippen LogP contribution in [0, 0.1) is 5.92 Å². The number of hydrogen-bond donors (Lipinski definition) is 2. The van der Waals surface area contributed by atoms with Crippen LogP contribution in [0.15, 0.2) is 42.7 Å². The van der Waals surface area contributed by atoms with Crippen LogP contribution >= 0.6 is 0 Å². The van der Waals surface area contributed by atoms with Gasteiger partial charge in [-0.2, -0.15) is 13.2 Å². The normalized spacial score (nSPS) is 20.5. The molecule has 1 aliphatic heterocycles. The molecule has 1 aromatic carbocycles. The van der Waals surface area contributed by atoms with Crippen molar-refractivity contribution in [3.8, 4) is 11.1 Å². The number of carbonyl (C=O) groups is 2. The van der Waals surface area contributed by atoms with E-state index in [4.69, 9.17) is 0 Å². The lowest BCUT2D eigenvalue weighted by Gasteiger charge is -2.35. The quantitative estimate of drug-likeness (QED) is 0.537. The molecule has 1 saturated carbocycles. The van der Waals surface area contributed by atoms with Gasteiger partial charge in [0.2, 0.25) is 11.8 Å². The molecule has 37 heavy (non-hydrogen) atoms. The van der Waals surface area contributed by atoms with Gasteiger partial charge in [-0.3, -0.25) is 14.6 Å². The molecule has 2 aliphatic rings. The standard InChI is InChI=1S/C28H35F3N4O2/c1-18(32-2)26(36)34-25(19-8-4-3-5-9-19)27(37)35-13-7-12-24(35)22-14-21(16-33-17-22)20-10-6-11-23(15-20)28(29,30)31/h6,10-11,14-19,24-25,32H,3-5,7-9,12-13H2,1-2H3,(H,34,36). The van der Waals surface area contributed by atoms with Gasteiger partial charge in [-0.15, -0.1) is 0 Å². The molecular weight excluding hydrogens is 481 g/mol. The maximum atomic E-state index is 13.9. The third-order valence-corrected chi connectivity index (χ3v) is 7.71. The summed E-state index contributed by atoms with van der Waals surface area (Å²) in [6, 6.07) is 5.77. The van der Waals surface area contributed by atoms with Crippen LogP contribution in [0.5, 0.6) is 0 Å². The summed E-state index contributed by atoms with van der Waals surface area (Å²) >= 11 is 0. The van der Waals surface area contributed by atoms with Gasteiger partial charge in [0.15, 0.2) is 0 Å². The van der Waals surface area contributed by atoms with Crippen molar-refractivity contribution in [2.75, 3.05) is 13.6 Å². The summed E-state index contributed by atoms with van der Waals surface area (Å²) in [6.45, 7) is 2.33. The van der Waals surface area contributed by atoms with Crippen LogP contribution < -0.4 is 10.6 Å². The first-order valence-electron chi connectivity index (χ1n) is 13.1. The first-order valence-corrected chi connectivity index (χ1v) is 13.1. The molecule has 0 radical (unpaired) electrons. The summed E-state index contributed by atoms with van der Waals surface area (Å²) in [6.07, 6.45) is 5.36. The van der Waals surface area contributed by atoms with E-state index >= 15 is 0 Å². The number of halogens is 3. The van der Waals surface area contributed by atoms with Gasteiger partial charge in [-0.1, -0.05) is 31.4 Å². The molecule has 2 amide bonds. The third kappa shape index (κ3) is 6.32. The van der Waals surface area contributed by atoms with E-state index in [0.717, 1.165) is 62.6 Å². The molecule has 6 nitrogen and oxygen atoms in total. The zero-order valence-corrected chi connectivity index (χ0v) is 21.4. The van der Waals surface area contributed by atoms with Crippen molar-refractivity contribution in [1.82, 2.24) is 20.5 Å². The summed E-state index contributed by atoms with van der Waals surface area (Å²) in [5.74, 6) is -0.198. The van der Waals surface area contributed by atoms with Crippen molar-refractivity contribution in [2.24, 2.45) is 5.92 Å². The number of nitrogens with one attached hydrogen (secondary N) is 2. The van der Waals surface area contributed by atoms with Gasteiger partial charge in [0.25, 0.3) is 0 Å². The largest absolute Gasteiger partial charge is 0.416 e. The van der Waals surface area contributed by atoms with Crippen LogP contribution in [-0.2, 0) is 15.8 Å². The molecule has 3 unspecified atom stereocenters. The van der Waals surface area contributed by atoms with Crippen molar-refractivity contribution in [3.63, 3.8) is 0 Å². The Balaban J connectivity index is 1.59. The average molecular weight is 517 g/mol. The van der Waals surface area contributed by atoms with E-state index in [-0.39, 0.29) is 23.8 Å². The molecule has 1 aromatic heterocycles. The second-order valence-corrected chi connectivity index (χ2v) is 10.2. The molecule has 3 atom stereocenters. The van der Waals surface area contributed by atoms with Crippen LogP contribution in [0.1, 0.15) is 69.0 Å². The third-order valence-electron chi connectivity index (χ3n) is 7.71. The summed E-state index contributed by atoms with van der Waals surface area (Å²) < 4.78 is 39.7. The van der Waals surface area contributed by atoms with Crippen LogP contribution in [0.2, 0.25) is 0 Å². The maximum absolute atomic E-state index is 13.9. The van der Waals surface area contributed by atoms with E-state index in [2.05, 4.69) is 15.6 Å². The molecule has 4 rings (SSSR count). The lowest BCUT2D eigenvalue weighted by molar-refractivity contribution is -0.139. The summed E-state index contributed by atoms with van der Waals surface area (Å²) in [7, 11) is 1.71. The molecule has 0 bridgehead atoms. The smallest absolute Gasteiger partial charge is 0.343 e. The van der Waals surface area contributed by atoms with E-state index in [0.29, 0.717) is 17.7 Å². The van der Waals surface area contributed by atoms with Crippen molar-refractivity contribution in [1.29, 1.82) is 0 Å². The molecule has 1 saturated heterocycles. The highest BCUT2D eigenvalue weighted by molar-refractivity contribution is 5.90. The minimum absolute atomic E-state index is 0.0875. The van der Waals surface area contributed by atoms with E-state index < -0.39 is 23.8 Å². The first-order chi connectivity index (χ1) is 17.7. The van der Waals surface area contributed by atoms with Crippen LogP contribution in [0.3, 0.4) is 0 Å². The summed E-state index contributed by atoms with van der Waals surface area (Å²) in [5.41, 5.74) is 1.07. The Morgan fingerprint density at radius 2 is 1.78 bits per heavy atom. The number of alkyl halides is 3. The predicted molar refractivity (Wildman–Crippen MR) is 135 cm³/mol. The fraction of sp³-hybridized carbons (Fsp3) is 0.536. The molecule has 0 spiro atoms. The number of hydrogen-bond acceptors (Lipinski definition) is 4. The van der Waals surface area contributed by atoms with Crippen molar-refractivity contribution in [2.45, 2.75) is 76.2 Å². The van der Waals surface area contributed by atoms with Crippen molar-refractivity contribution >= 4 is 11.8 Å². The summed E-state index contributed by atoms with van der Waals surface area (Å²) in [5, 5.41) is 5.96. The molecule has 2 aromatic rings. The van der Waals surface area contributed by atoms with Gasteiger partial charge in [-0.25, -0.2) is 0 Å². The molecule has 1 aliphatic carbocycles. The lowest BCUT2D eigenvalue weighted by Crippen LogP contribution is -2.55. The van der Waals surface area contributed by atoms with E-state index in [9.17, 15) is 22.8 Å². The lowest BCUT2D eigenvalue weighted by atomic mass is 9.83. The number of likely N-dealkylation sites (N-methyl/N-ethyl adjacent to an activating group) is 1. The van der Waals surface area contributed by atoms with Gasteiger partial charge in [0.1, 0.15) is 6.04 Å². The molecule has 2 fully saturated rings. The van der Waals surface area contributed by atoms with E-state index in [1.165, 1.54) is 6.07 Å². The Morgan fingerprint density at radius 1 is 1.03 bits per heavy atom. The van der Waals surface area contributed by atoms with Gasteiger partial charge in [-0.05, 0) is 74.9 Å². The zero-order chi connectivity index (χ0) is 26.6. The highest BCUT2D eigenvalue weighted by atomic mass is 19.4. The highest BCUT2D eigenvalue weighted by Crippen LogP contribution is 2.37. The van der Waals surface area contributed by atoms with Crippen molar-refractivity contribution < 1.29 is 22.8 Å². The molecule has 9 heteroatoms. The number of rotatable bonds is 7. The van der Waals surface area contributed by atoms with Crippen LogP contribution in [0.25, 0.3) is 11.1 Å². The number of benzene rings is 1. The number of nitrogens with zero attached hydrogens (tertiary/aromatic N) is 2. The molecule has 200 valence electrons. The highest BCUT2D eigenvalue weighted by Gasteiger charge is 2.39. The average Bonchev–Trinajstić information content (AvgIpc) is 3.41. The number of likely N-dealkylation sites (tertiary alicyclic amines) is 1. The Morgan fingerprint density at radius 3 is 2.49 bits per heavy atom. The number of carbonyl (C=O) groups excluding carboxylic acids is 2. The predicted octanol–water partition coefficient (Wildman–Crippen LogP) is 5.10. The fourth-order valence-corrected chi connectivity index (χ4v) is 5.49. The van der Waals surface area contributed by atoms with Gasteiger partial charge >= 0.3 is 6.18 Å². The van der Waals surface area contributed by atoms with E-state index in [1.54, 1.807) is 32.4 Å². The van der Waals surface area contributed by atoms with Gasteiger partial charge in [0, 0.05) is 24.5 Å². The van der Waals surface area contributed by atoms with E-state index in [1.807, 2.05) is 11.0 Å². The molecular formula is C28H35F3N4O2. The molecule has 2 N–H and O–H groups in total. The fourth-order valence-electron chi connectivity index (χ4n) is 5.49. The summed E-state index contributed by atoms with van der Waals surface area (Å²) in [4.78, 5) is 32.8. The Bertz CT molecular complexity index is 1100. The number of pyridine rings is 1.